The number of Topliss-reactive ketones (excluding diaryl/α,β-unsaturated/α-hetero) is 1. The molecular formula is C17H19NO4. The van der Waals surface area contributed by atoms with Crippen LogP contribution in [0.15, 0.2) is 36.5 Å². The van der Waals surface area contributed by atoms with E-state index in [4.69, 9.17) is 4.84 Å². The highest BCUT2D eigenvalue weighted by molar-refractivity contribution is 5.97. The molecule has 0 atom stereocenters. The summed E-state index contributed by atoms with van der Waals surface area (Å²) in [4.78, 5) is 40.5. The van der Waals surface area contributed by atoms with Crippen molar-refractivity contribution < 1.29 is 19.2 Å². The van der Waals surface area contributed by atoms with E-state index in [1.807, 2.05) is 6.92 Å². The molecule has 0 saturated carbocycles. The third-order valence-corrected chi connectivity index (χ3v) is 3.52. The van der Waals surface area contributed by atoms with E-state index in [1.165, 1.54) is 12.1 Å². The Morgan fingerprint density at radius 3 is 2.36 bits per heavy atom. The summed E-state index contributed by atoms with van der Waals surface area (Å²) in [6.45, 7) is 5.71. The molecule has 0 aliphatic carbocycles. The highest BCUT2D eigenvalue weighted by Gasteiger charge is 2.28. The molecule has 2 rings (SSSR count). The second-order valence-electron chi connectivity index (χ2n) is 5.24. The molecule has 1 saturated heterocycles. The first-order valence-electron chi connectivity index (χ1n) is 7.39. The number of hydrogen-bond donors (Lipinski definition) is 0. The van der Waals surface area contributed by atoms with Crippen molar-refractivity contribution in [3.05, 3.63) is 47.7 Å². The molecule has 0 unspecified atom stereocenters. The largest absolute Gasteiger partial charge is 0.363 e. The van der Waals surface area contributed by atoms with Crippen molar-refractivity contribution >= 4 is 17.7 Å². The maximum absolute atomic E-state index is 12.0. The Morgan fingerprint density at radius 2 is 1.82 bits per heavy atom. The number of hydrogen-bond acceptors (Lipinski definition) is 4. The van der Waals surface area contributed by atoms with Crippen LogP contribution in [0.25, 0.3) is 0 Å². The van der Waals surface area contributed by atoms with Gasteiger partial charge in [-0.2, -0.15) is 0 Å². The first-order valence-corrected chi connectivity index (χ1v) is 7.39. The summed E-state index contributed by atoms with van der Waals surface area (Å²) in [5, 5.41) is 0.947. The van der Waals surface area contributed by atoms with Crippen LogP contribution in [0.4, 0.5) is 0 Å². The van der Waals surface area contributed by atoms with Crippen molar-refractivity contribution in [1.29, 1.82) is 0 Å². The number of benzene rings is 1. The maximum Gasteiger partial charge on any atom is 0.363 e. The Labute approximate surface area is 129 Å². The lowest BCUT2D eigenvalue weighted by Gasteiger charge is -2.15. The molecule has 1 aliphatic rings. The van der Waals surface area contributed by atoms with Crippen LogP contribution in [0.5, 0.6) is 0 Å². The smallest absolute Gasteiger partial charge is 0.328 e. The number of nitrogens with zero attached hydrogens (tertiary/aromatic N) is 1. The second-order valence-corrected chi connectivity index (χ2v) is 5.24. The van der Waals surface area contributed by atoms with Gasteiger partial charge in [0, 0.05) is 18.4 Å². The number of carbonyl (C=O) groups is 3. The molecular weight excluding hydrogens is 282 g/mol. The summed E-state index contributed by atoms with van der Waals surface area (Å²) in [6.07, 6.45) is 3.11. The Morgan fingerprint density at radius 1 is 1.18 bits per heavy atom. The highest BCUT2D eigenvalue weighted by atomic mass is 16.7. The van der Waals surface area contributed by atoms with Crippen molar-refractivity contribution in [2.24, 2.45) is 0 Å². The van der Waals surface area contributed by atoms with Crippen LogP contribution in [0, 0.1) is 0 Å². The molecule has 0 radical (unpaired) electrons. The fourth-order valence-corrected chi connectivity index (χ4v) is 2.16. The van der Waals surface area contributed by atoms with E-state index in [0.29, 0.717) is 36.1 Å². The van der Waals surface area contributed by atoms with Gasteiger partial charge in [0.2, 0.25) is 0 Å². The molecule has 116 valence electrons. The monoisotopic (exact) mass is 301 g/mol. The normalized spacial score (nSPS) is 14.3. The van der Waals surface area contributed by atoms with Crippen molar-refractivity contribution in [2.45, 2.75) is 39.0 Å². The Hall–Kier alpha value is -2.43. The minimum atomic E-state index is -0.635. The van der Waals surface area contributed by atoms with Crippen LogP contribution in [0.2, 0.25) is 0 Å². The number of carbonyl (C=O) groups excluding carboxylic acids is 3. The summed E-state index contributed by atoms with van der Waals surface area (Å²) in [7, 11) is 0. The number of unbranched alkanes of at least 4 members (excludes halogenated alkanes) is 1. The zero-order valence-corrected chi connectivity index (χ0v) is 12.6. The number of rotatable bonds is 6. The van der Waals surface area contributed by atoms with Gasteiger partial charge in [-0.25, -0.2) is 4.79 Å². The van der Waals surface area contributed by atoms with Gasteiger partial charge in [0.15, 0.2) is 5.78 Å². The van der Waals surface area contributed by atoms with Gasteiger partial charge >= 0.3 is 5.97 Å². The second kappa shape index (κ2) is 7.02. The summed E-state index contributed by atoms with van der Waals surface area (Å²) >= 11 is 0. The molecule has 0 aromatic heterocycles. The van der Waals surface area contributed by atoms with Gasteiger partial charge in [0.05, 0.1) is 11.3 Å². The van der Waals surface area contributed by atoms with Gasteiger partial charge in [-0.15, -0.1) is 5.06 Å². The predicted molar refractivity (Wildman–Crippen MR) is 80.9 cm³/mol. The molecule has 1 heterocycles. The molecule has 5 heteroatoms. The lowest BCUT2D eigenvalue weighted by Crippen LogP contribution is -2.26. The topological polar surface area (TPSA) is 63.7 Å². The van der Waals surface area contributed by atoms with Gasteiger partial charge in [0.25, 0.3) is 5.91 Å². The van der Waals surface area contributed by atoms with Gasteiger partial charge in [-0.1, -0.05) is 32.1 Å². The van der Waals surface area contributed by atoms with Gasteiger partial charge < -0.3 is 4.84 Å². The van der Waals surface area contributed by atoms with Crippen LogP contribution < -0.4 is 0 Å². The van der Waals surface area contributed by atoms with Crippen molar-refractivity contribution in [3.63, 3.8) is 0 Å². The molecule has 1 aromatic carbocycles. The van der Waals surface area contributed by atoms with Crippen LogP contribution >= 0.6 is 0 Å². The van der Waals surface area contributed by atoms with Gasteiger partial charge in [-0.3, -0.25) is 9.59 Å². The van der Waals surface area contributed by atoms with Crippen LogP contribution in [0.3, 0.4) is 0 Å². The van der Waals surface area contributed by atoms with Crippen molar-refractivity contribution in [2.75, 3.05) is 0 Å². The van der Waals surface area contributed by atoms with E-state index >= 15 is 0 Å². The van der Waals surface area contributed by atoms with Crippen LogP contribution in [-0.2, 0) is 9.63 Å². The molecule has 1 aromatic rings. The third-order valence-electron chi connectivity index (χ3n) is 3.52. The number of hydroxylamine groups is 2. The van der Waals surface area contributed by atoms with E-state index in [0.717, 1.165) is 17.9 Å². The Kier molecular flexibility index (Phi) is 5.09. The van der Waals surface area contributed by atoms with E-state index < -0.39 is 5.97 Å². The standard InChI is InChI=1S/C17H19NO4/c1-3-4-5-15(19)13-7-9-14(10-8-13)17(21)22-18-12(2)6-11-16(18)20/h7-10H,2-6,11H2,1H3. The number of amides is 1. The van der Waals surface area contributed by atoms with E-state index in [2.05, 4.69) is 6.58 Å². The average Bonchev–Trinajstić information content (AvgIpc) is 2.84. The fraction of sp³-hybridized carbons (Fsp3) is 0.353. The molecule has 22 heavy (non-hydrogen) atoms. The summed E-state index contributed by atoms with van der Waals surface area (Å²) in [5.74, 6) is -0.849. The van der Waals surface area contributed by atoms with Crippen molar-refractivity contribution in [1.82, 2.24) is 5.06 Å². The van der Waals surface area contributed by atoms with Crippen molar-refractivity contribution in [3.8, 4) is 0 Å². The molecule has 1 amide bonds. The van der Waals surface area contributed by atoms with E-state index in [1.54, 1.807) is 12.1 Å². The zero-order chi connectivity index (χ0) is 16.1. The fourth-order valence-electron chi connectivity index (χ4n) is 2.16. The van der Waals surface area contributed by atoms with Crippen LogP contribution in [0.1, 0.15) is 59.7 Å². The number of ketones is 1. The Bertz CT molecular complexity index is 588. The lowest BCUT2D eigenvalue weighted by molar-refractivity contribution is -0.153. The molecule has 0 bridgehead atoms. The molecule has 1 aliphatic heterocycles. The summed E-state index contributed by atoms with van der Waals surface area (Å²) in [5.41, 5.74) is 1.34. The number of allylic oxidation sites excluding steroid dienone is 1. The SMILES string of the molecule is C=C1CCC(=O)N1OC(=O)c1ccc(C(=O)CCCC)cc1. The molecule has 0 N–H and O–H groups in total. The highest BCUT2D eigenvalue weighted by Crippen LogP contribution is 2.22. The predicted octanol–water partition coefficient (Wildman–Crippen LogP) is 3.27. The van der Waals surface area contributed by atoms with E-state index in [-0.39, 0.29) is 11.7 Å². The Balaban J connectivity index is 2.00. The minimum absolute atomic E-state index is 0.0601. The molecule has 0 spiro atoms. The first-order chi connectivity index (χ1) is 10.5. The summed E-state index contributed by atoms with van der Waals surface area (Å²) in [6, 6.07) is 6.28. The lowest BCUT2D eigenvalue weighted by atomic mass is 10.0. The molecule has 1 fully saturated rings. The zero-order valence-electron chi connectivity index (χ0n) is 12.6. The van der Waals surface area contributed by atoms with Gasteiger partial charge in [-0.05, 0) is 25.0 Å². The first kappa shape index (κ1) is 15.9. The minimum Gasteiger partial charge on any atom is -0.328 e. The third kappa shape index (κ3) is 3.61. The summed E-state index contributed by atoms with van der Waals surface area (Å²) < 4.78 is 0. The van der Waals surface area contributed by atoms with Gasteiger partial charge in [0.1, 0.15) is 0 Å². The van der Waals surface area contributed by atoms with Crippen LogP contribution in [-0.4, -0.2) is 22.7 Å². The average molecular weight is 301 g/mol. The quantitative estimate of drug-likeness (QED) is 0.756. The van der Waals surface area contributed by atoms with E-state index in [9.17, 15) is 14.4 Å². The maximum atomic E-state index is 12.0. The molecule has 5 nitrogen and oxygen atoms in total.